The van der Waals surface area contributed by atoms with Crippen LogP contribution in [0.1, 0.15) is 11.3 Å². The summed E-state index contributed by atoms with van der Waals surface area (Å²) in [7, 11) is -1.98. The number of nitrogens with zero attached hydrogens (tertiary/aromatic N) is 1. The van der Waals surface area contributed by atoms with Gasteiger partial charge in [-0.05, 0) is 49.9 Å². The summed E-state index contributed by atoms with van der Waals surface area (Å²) >= 11 is 0. The molecule has 0 aliphatic rings. The van der Waals surface area contributed by atoms with Crippen LogP contribution in [0.5, 0.6) is 0 Å². The smallest absolute Gasteiger partial charge is 0.240 e. The van der Waals surface area contributed by atoms with E-state index in [0.29, 0.717) is 6.54 Å². The molecular formula is C14H17N3O2S. The van der Waals surface area contributed by atoms with E-state index in [0.717, 1.165) is 16.9 Å². The maximum Gasteiger partial charge on any atom is 0.240 e. The molecular weight excluding hydrogens is 274 g/mol. The van der Waals surface area contributed by atoms with E-state index in [1.807, 2.05) is 19.1 Å². The lowest BCUT2D eigenvalue weighted by Gasteiger charge is -2.09. The molecule has 0 fully saturated rings. The maximum atomic E-state index is 11.6. The number of hydrogen-bond donors (Lipinski definition) is 2. The van der Waals surface area contributed by atoms with Gasteiger partial charge in [0.15, 0.2) is 0 Å². The van der Waals surface area contributed by atoms with Crippen LogP contribution in [0.4, 0.5) is 5.69 Å². The molecule has 1 heterocycles. The number of hydrogen-bond acceptors (Lipinski definition) is 4. The molecule has 2 aromatic rings. The average molecular weight is 291 g/mol. The van der Waals surface area contributed by atoms with E-state index in [9.17, 15) is 8.42 Å². The second kappa shape index (κ2) is 6.02. The van der Waals surface area contributed by atoms with Crippen molar-refractivity contribution in [3.05, 3.63) is 53.9 Å². The Balaban J connectivity index is 2.07. The van der Waals surface area contributed by atoms with Crippen molar-refractivity contribution >= 4 is 15.7 Å². The second-order valence-corrected chi connectivity index (χ2v) is 6.24. The van der Waals surface area contributed by atoms with Crippen LogP contribution in [0, 0.1) is 6.92 Å². The summed E-state index contributed by atoms with van der Waals surface area (Å²) in [4.78, 5) is 4.54. The highest BCUT2D eigenvalue weighted by atomic mass is 32.2. The third-order valence-corrected chi connectivity index (χ3v) is 4.44. The minimum atomic E-state index is -3.38. The lowest BCUT2D eigenvalue weighted by Crippen LogP contribution is -2.18. The van der Waals surface area contributed by atoms with Gasteiger partial charge in [-0.3, -0.25) is 4.98 Å². The first kappa shape index (κ1) is 14.5. The Labute approximate surface area is 119 Å². The van der Waals surface area contributed by atoms with Crippen LogP contribution in [-0.4, -0.2) is 20.4 Å². The van der Waals surface area contributed by atoms with Crippen LogP contribution >= 0.6 is 0 Å². The quantitative estimate of drug-likeness (QED) is 0.883. The summed E-state index contributed by atoms with van der Waals surface area (Å²) in [5.74, 6) is 0. The highest BCUT2D eigenvalue weighted by Gasteiger charge is 2.10. The fourth-order valence-electron chi connectivity index (χ4n) is 1.76. The molecule has 0 spiro atoms. The number of nitrogens with one attached hydrogen (secondary N) is 2. The molecule has 0 radical (unpaired) electrons. The fourth-order valence-corrected chi connectivity index (χ4v) is 2.49. The molecule has 0 bridgehead atoms. The van der Waals surface area contributed by atoms with E-state index in [1.165, 1.54) is 7.05 Å². The van der Waals surface area contributed by atoms with Crippen LogP contribution in [-0.2, 0) is 16.6 Å². The summed E-state index contributed by atoms with van der Waals surface area (Å²) in [5.41, 5.74) is 2.94. The molecule has 0 unspecified atom stereocenters. The van der Waals surface area contributed by atoms with Crippen LogP contribution < -0.4 is 10.0 Å². The third-order valence-electron chi connectivity index (χ3n) is 3.01. The first-order chi connectivity index (χ1) is 9.53. The Kier molecular flexibility index (Phi) is 4.36. The highest BCUT2D eigenvalue weighted by Crippen LogP contribution is 2.15. The van der Waals surface area contributed by atoms with Gasteiger partial charge in [0.25, 0.3) is 0 Å². The normalized spacial score (nSPS) is 11.3. The molecule has 0 saturated heterocycles. The van der Waals surface area contributed by atoms with Crippen molar-refractivity contribution in [3.8, 4) is 0 Å². The van der Waals surface area contributed by atoms with Crippen molar-refractivity contribution in [1.82, 2.24) is 9.71 Å². The van der Waals surface area contributed by atoms with Crippen molar-refractivity contribution in [1.29, 1.82) is 0 Å². The molecule has 1 aromatic carbocycles. The lowest BCUT2D eigenvalue weighted by atomic mass is 10.2. The zero-order chi connectivity index (χ0) is 14.6. The van der Waals surface area contributed by atoms with Gasteiger partial charge in [0.1, 0.15) is 0 Å². The third kappa shape index (κ3) is 3.34. The Hall–Kier alpha value is -1.92. The molecule has 20 heavy (non-hydrogen) atoms. The zero-order valence-corrected chi connectivity index (χ0v) is 12.2. The van der Waals surface area contributed by atoms with Gasteiger partial charge in [-0.15, -0.1) is 0 Å². The molecule has 2 rings (SSSR count). The van der Waals surface area contributed by atoms with Crippen LogP contribution in [0.25, 0.3) is 0 Å². The highest BCUT2D eigenvalue weighted by molar-refractivity contribution is 7.89. The van der Waals surface area contributed by atoms with Crippen molar-refractivity contribution < 1.29 is 8.42 Å². The lowest BCUT2D eigenvalue weighted by molar-refractivity contribution is 0.588. The molecule has 5 nitrogen and oxygen atoms in total. The summed E-state index contributed by atoms with van der Waals surface area (Å²) in [5, 5.41) is 3.22. The Morgan fingerprint density at radius 3 is 2.45 bits per heavy atom. The molecule has 0 aliphatic heterocycles. The predicted octanol–water partition coefficient (Wildman–Crippen LogP) is 1.91. The number of benzene rings is 1. The summed E-state index contributed by atoms with van der Waals surface area (Å²) in [6, 6.07) is 10.5. The van der Waals surface area contributed by atoms with Crippen LogP contribution in [0.2, 0.25) is 0 Å². The van der Waals surface area contributed by atoms with E-state index in [-0.39, 0.29) is 4.90 Å². The van der Waals surface area contributed by atoms with E-state index in [1.54, 1.807) is 30.5 Å². The molecule has 6 heteroatoms. The Morgan fingerprint density at radius 1 is 1.15 bits per heavy atom. The van der Waals surface area contributed by atoms with Crippen molar-refractivity contribution in [3.63, 3.8) is 0 Å². The zero-order valence-electron chi connectivity index (χ0n) is 11.4. The van der Waals surface area contributed by atoms with Gasteiger partial charge in [-0.1, -0.05) is 6.07 Å². The molecule has 0 saturated carbocycles. The Morgan fingerprint density at radius 2 is 1.85 bits per heavy atom. The maximum absolute atomic E-state index is 11.6. The Bertz CT molecular complexity index is 682. The number of sulfonamides is 1. The number of rotatable bonds is 5. The van der Waals surface area contributed by atoms with E-state index < -0.39 is 10.0 Å². The van der Waals surface area contributed by atoms with Crippen LogP contribution in [0.15, 0.2) is 47.5 Å². The van der Waals surface area contributed by atoms with Crippen molar-refractivity contribution in [2.75, 3.05) is 12.4 Å². The van der Waals surface area contributed by atoms with Gasteiger partial charge in [-0.25, -0.2) is 13.1 Å². The number of aromatic nitrogens is 1. The molecule has 106 valence electrons. The summed E-state index contributed by atoms with van der Waals surface area (Å²) < 4.78 is 25.5. The van der Waals surface area contributed by atoms with Gasteiger partial charge in [0.2, 0.25) is 10.0 Å². The number of aryl methyl sites for hydroxylation is 1. The SMILES string of the molecule is CNS(=O)(=O)c1ccc(NCc2ncccc2C)cc1. The first-order valence-corrected chi connectivity index (χ1v) is 7.69. The topological polar surface area (TPSA) is 71.1 Å². The average Bonchev–Trinajstić information content (AvgIpc) is 2.47. The van der Waals surface area contributed by atoms with Gasteiger partial charge < -0.3 is 5.32 Å². The molecule has 0 atom stereocenters. The standard InChI is InChI=1S/C14H17N3O2S/c1-11-4-3-9-16-14(11)10-17-12-5-7-13(8-6-12)20(18,19)15-2/h3-9,15,17H,10H2,1-2H3. The van der Waals surface area contributed by atoms with Crippen LogP contribution in [0.3, 0.4) is 0 Å². The van der Waals surface area contributed by atoms with Crippen molar-refractivity contribution in [2.45, 2.75) is 18.4 Å². The second-order valence-electron chi connectivity index (χ2n) is 4.35. The van der Waals surface area contributed by atoms with E-state index in [4.69, 9.17) is 0 Å². The van der Waals surface area contributed by atoms with Gasteiger partial charge >= 0.3 is 0 Å². The number of anilines is 1. The monoisotopic (exact) mass is 291 g/mol. The predicted molar refractivity (Wildman–Crippen MR) is 79.0 cm³/mol. The van der Waals surface area contributed by atoms with Gasteiger partial charge in [0, 0.05) is 11.9 Å². The molecule has 0 amide bonds. The van der Waals surface area contributed by atoms with E-state index in [2.05, 4.69) is 15.0 Å². The number of pyridine rings is 1. The summed E-state index contributed by atoms with van der Waals surface area (Å²) in [6.45, 7) is 2.61. The minimum Gasteiger partial charge on any atom is -0.379 e. The minimum absolute atomic E-state index is 0.250. The largest absolute Gasteiger partial charge is 0.379 e. The van der Waals surface area contributed by atoms with Crippen molar-refractivity contribution in [2.24, 2.45) is 0 Å². The molecule has 1 aromatic heterocycles. The molecule has 2 N–H and O–H groups in total. The first-order valence-electron chi connectivity index (χ1n) is 6.21. The van der Waals surface area contributed by atoms with E-state index >= 15 is 0 Å². The fraction of sp³-hybridized carbons (Fsp3) is 0.214. The van der Waals surface area contributed by atoms with Gasteiger partial charge in [0.05, 0.1) is 17.1 Å². The van der Waals surface area contributed by atoms with Gasteiger partial charge in [-0.2, -0.15) is 0 Å². The molecule has 0 aliphatic carbocycles. The summed E-state index contributed by atoms with van der Waals surface area (Å²) in [6.07, 6.45) is 1.76.